The van der Waals surface area contributed by atoms with E-state index >= 15 is 9.59 Å². The zero-order valence-electron chi connectivity index (χ0n) is 52.7. The smallest absolute Gasteiger partial charge is 0.330 e. The van der Waals surface area contributed by atoms with Crippen LogP contribution in [0.25, 0.3) is 11.1 Å². The first-order valence-corrected chi connectivity index (χ1v) is 31.8. The molecule has 19 N–H and O–H groups in total. The number of carboxylic acids is 1. The SMILES string of the molecule is C=CC(O)[C@H](O)[C@H](C[C@@H](CC(C)N)OCC)C(C)Oc1c2cc3cc1Oc1ccc(cc1Cl)[C@@H](O)[C@@H](NC(=O)[C@H](N)CC(C)C)C(=O)N[C@@H](CC(N)=O)C(=O)N[C@H]3C(=S)N[C@H]1C(=O)N[C@H](C(=O)N[C@H](C(=O)O)c3cc(O)cc(O)c3-c3cccc1c3)[C@H](O)c1ccc(c(Cl)c1)O2. The van der Waals surface area contributed by atoms with Crippen LogP contribution in [0.3, 0.4) is 0 Å². The van der Waals surface area contributed by atoms with Gasteiger partial charge in [-0.25, -0.2) is 4.79 Å². The summed E-state index contributed by atoms with van der Waals surface area (Å²) < 4.78 is 26.5. The third-order valence-corrected chi connectivity index (χ3v) is 17.3. The highest BCUT2D eigenvalue weighted by molar-refractivity contribution is 7.80. The fourth-order valence-electron chi connectivity index (χ4n) is 11.7. The van der Waals surface area contributed by atoms with Gasteiger partial charge in [-0.3, -0.25) is 28.8 Å². The molecule has 5 aromatic rings. The average molecular weight is 1390 g/mol. The second kappa shape index (κ2) is 31.5. The van der Waals surface area contributed by atoms with Gasteiger partial charge in [0.25, 0.3) is 0 Å². The zero-order valence-corrected chi connectivity index (χ0v) is 55.0. The molecule has 0 aromatic heterocycles. The fourth-order valence-corrected chi connectivity index (χ4v) is 12.4. The van der Waals surface area contributed by atoms with Crippen LogP contribution in [0.5, 0.6) is 40.2 Å². The molecule has 27 nitrogen and oxygen atoms in total. The molecule has 10 rings (SSSR count). The molecule has 3 unspecified atom stereocenters. The number of aliphatic hydroxyl groups is 4. The number of hydrogen-bond donors (Lipinski definition) is 16. The highest BCUT2D eigenvalue weighted by Gasteiger charge is 2.42. The van der Waals surface area contributed by atoms with E-state index in [2.05, 4.69) is 38.5 Å². The van der Waals surface area contributed by atoms with Crippen LogP contribution in [0.1, 0.15) is 118 Å². The predicted molar refractivity (Wildman–Crippen MR) is 354 cm³/mol. The molecule has 5 aliphatic rings. The van der Waals surface area contributed by atoms with Gasteiger partial charge in [0.05, 0.1) is 40.8 Å². The number of rotatable bonds is 19. The summed E-state index contributed by atoms with van der Waals surface area (Å²) in [6.45, 7) is 12.6. The van der Waals surface area contributed by atoms with Gasteiger partial charge in [0.15, 0.2) is 17.5 Å². The van der Waals surface area contributed by atoms with Crippen molar-refractivity contribution in [2.75, 3.05) is 6.61 Å². The molecule has 15 atom stereocenters. The van der Waals surface area contributed by atoms with E-state index in [-0.39, 0.29) is 103 Å². The van der Waals surface area contributed by atoms with Crippen molar-refractivity contribution in [3.05, 3.63) is 135 Å². The summed E-state index contributed by atoms with van der Waals surface area (Å²) in [6, 6.07) is 4.20. The molecule has 0 saturated carbocycles. The van der Waals surface area contributed by atoms with Gasteiger partial charge in [-0.15, -0.1) is 6.58 Å². The number of phenolic OH excluding ortho intramolecular Hbond substituents is 2. The molecule has 11 bridgehead atoms. The monoisotopic (exact) mass is 1390 g/mol. The predicted octanol–water partition coefficient (Wildman–Crippen LogP) is 4.35. The number of thiocarbonyl (C=S) groups is 1. The first kappa shape index (κ1) is 73.1. The Morgan fingerprint density at radius 3 is 1.95 bits per heavy atom. The van der Waals surface area contributed by atoms with Gasteiger partial charge < -0.3 is 104 Å². The minimum absolute atomic E-state index is 0.0192. The molecular weight excluding hydrogens is 1310 g/mol. The van der Waals surface area contributed by atoms with Crippen LogP contribution in [0, 0.1) is 11.8 Å². The quantitative estimate of drug-likeness (QED) is 0.0403. The van der Waals surface area contributed by atoms with Gasteiger partial charge in [-0.05, 0) is 122 Å². The molecule has 5 aromatic carbocycles. The van der Waals surface area contributed by atoms with Gasteiger partial charge in [0.2, 0.25) is 41.2 Å². The maximum Gasteiger partial charge on any atom is 0.330 e. The van der Waals surface area contributed by atoms with Gasteiger partial charge in [-0.1, -0.05) is 85.7 Å². The summed E-state index contributed by atoms with van der Waals surface area (Å²) in [6.07, 6.45) is -8.37. The number of aromatic hydroxyl groups is 2. The Balaban J connectivity index is 1.44. The lowest BCUT2D eigenvalue weighted by molar-refractivity contribution is -0.143. The van der Waals surface area contributed by atoms with Crippen molar-refractivity contribution in [2.45, 2.75) is 145 Å². The number of amides is 6. The van der Waals surface area contributed by atoms with Crippen LogP contribution in [0.2, 0.25) is 10.0 Å². The number of hydrogen-bond acceptors (Lipinski definition) is 20. The maximum atomic E-state index is 15.4. The van der Waals surface area contributed by atoms with Crippen LogP contribution in [-0.2, 0) is 38.3 Å². The Labute approximate surface area is 567 Å². The number of nitrogens with one attached hydrogen (secondary N) is 6. The average Bonchev–Trinajstić information content (AvgIpc) is 0.778. The summed E-state index contributed by atoms with van der Waals surface area (Å²) in [4.78, 5) is 99.8. The van der Waals surface area contributed by atoms with Crippen LogP contribution >= 0.6 is 35.4 Å². The molecule has 6 amide bonds. The van der Waals surface area contributed by atoms with Crippen molar-refractivity contribution in [1.82, 2.24) is 31.9 Å². The van der Waals surface area contributed by atoms with E-state index in [4.69, 9.17) is 71.6 Å². The molecule has 0 fully saturated rings. The number of carboxylic acid groups (broad SMARTS) is 1. The van der Waals surface area contributed by atoms with Crippen LogP contribution in [-0.4, -0.2) is 143 Å². The van der Waals surface area contributed by atoms with Crippen LogP contribution in [0.15, 0.2) is 97.6 Å². The third kappa shape index (κ3) is 17.1. The molecule has 514 valence electrons. The Morgan fingerprint density at radius 1 is 0.740 bits per heavy atom. The minimum Gasteiger partial charge on any atom is -0.508 e. The molecule has 5 heterocycles. The summed E-state index contributed by atoms with van der Waals surface area (Å²) in [5.74, 6) is -12.4. The molecule has 0 radical (unpaired) electrons. The molecule has 5 aliphatic heterocycles. The number of aliphatic carboxylic acids is 1. The number of fused-ring (bicyclic) bond motifs is 15. The summed E-state index contributed by atoms with van der Waals surface area (Å²) >= 11 is 20.4. The fraction of sp³-hybridized carbons (Fsp3) is 0.394. The molecule has 0 spiro atoms. The van der Waals surface area contributed by atoms with Crippen LogP contribution in [0.4, 0.5) is 0 Å². The molecule has 96 heavy (non-hydrogen) atoms. The Bertz CT molecular complexity index is 3810. The first-order valence-electron chi connectivity index (χ1n) is 30.6. The van der Waals surface area contributed by atoms with Crippen molar-refractivity contribution < 1.29 is 88.3 Å². The van der Waals surface area contributed by atoms with Crippen molar-refractivity contribution in [3.8, 4) is 51.4 Å². The van der Waals surface area contributed by atoms with E-state index in [9.17, 15) is 59.7 Å². The number of nitrogens with two attached hydrogens (primary N) is 3. The third-order valence-electron chi connectivity index (χ3n) is 16.4. The van der Waals surface area contributed by atoms with Gasteiger partial charge in [0, 0.05) is 35.8 Å². The van der Waals surface area contributed by atoms with E-state index in [0.717, 1.165) is 18.2 Å². The van der Waals surface area contributed by atoms with E-state index in [0.29, 0.717) is 6.42 Å². The number of benzene rings is 5. The van der Waals surface area contributed by atoms with Crippen molar-refractivity contribution >= 4 is 81.8 Å². The second-order valence-corrected chi connectivity index (χ2v) is 25.5. The standard InChI is InChI=1S/C66H77Cl2N9O18S/c1-7-43(79)58(84)37(25-36(92-8-2)17-28(5)69)29(6)93-59-47-21-34-22-48(59)95-46-15-13-33(20-40(46)68)57(83)55-64(89)74-53(66(90)91)38-23-35(78)24-44(80)50(38)30-10-9-11-31(18-30)51(62(87)76-55)77-65(96)52(34)73-61(86)42(26-49(71)81)72-63(88)54(75-60(85)41(70)16-27(3)4)56(82)32-12-14-45(94-47)39(67)19-32/h7,9-15,18-24,27-29,36-37,41-43,51-58,78-80,82-84H,1,8,16-17,25-26,69-70H2,2-6H3,(H2,71,81)(H,72,88)(H,73,86)(H,74,89)(H,75,85)(H,76,87)(H,77,96)(H,90,91)/t28?,29?,36-,37-,41-,42+,43?,51-,52-,53+,54-,55+,56-,57-,58-/m1/s1. The molecule has 0 saturated heterocycles. The summed E-state index contributed by atoms with van der Waals surface area (Å²) in [5.41, 5.74) is 17.4. The minimum atomic E-state index is -2.13. The van der Waals surface area contributed by atoms with E-state index in [1.54, 1.807) is 34.6 Å². The van der Waals surface area contributed by atoms with Crippen molar-refractivity contribution in [1.29, 1.82) is 0 Å². The number of primary amides is 1. The van der Waals surface area contributed by atoms with Crippen LogP contribution < -0.4 is 63.3 Å². The Morgan fingerprint density at radius 2 is 1.38 bits per heavy atom. The lowest BCUT2D eigenvalue weighted by Gasteiger charge is -2.34. The summed E-state index contributed by atoms with van der Waals surface area (Å²) in [5, 5.41) is 95.6. The Hall–Kier alpha value is -8.68. The largest absolute Gasteiger partial charge is 0.508 e. The second-order valence-electron chi connectivity index (χ2n) is 24.2. The number of aliphatic hydroxyl groups excluding tert-OH is 4. The zero-order chi connectivity index (χ0) is 70.3. The van der Waals surface area contributed by atoms with Gasteiger partial charge in [-0.2, -0.15) is 0 Å². The molecule has 30 heteroatoms. The number of phenols is 2. The highest BCUT2D eigenvalue weighted by atomic mass is 35.5. The normalized spacial score (nSPS) is 22.7. The Kier molecular flexibility index (Phi) is 24.0. The number of carbonyl (C=O) groups is 7. The first-order chi connectivity index (χ1) is 45.4. The molecular formula is C66H77Cl2N9O18S. The number of halogens is 2. The van der Waals surface area contributed by atoms with Crippen molar-refractivity contribution in [2.24, 2.45) is 29.0 Å². The van der Waals surface area contributed by atoms with Crippen molar-refractivity contribution in [3.63, 3.8) is 0 Å². The molecule has 0 aliphatic carbocycles. The number of carbonyl (C=O) groups excluding carboxylic acids is 6. The van der Waals surface area contributed by atoms with E-state index in [1.807, 2.05) is 0 Å². The summed E-state index contributed by atoms with van der Waals surface area (Å²) in [7, 11) is 0. The highest BCUT2D eigenvalue weighted by Crippen LogP contribution is 2.49. The lowest BCUT2D eigenvalue weighted by Crippen LogP contribution is -2.59. The lowest BCUT2D eigenvalue weighted by atomic mass is 9.86. The van der Waals surface area contributed by atoms with Gasteiger partial charge in [0.1, 0.15) is 76.5 Å². The topological polar surface area (TPSA) is 448 Å². The van der Waals surface area contributed by atoms with E-state index < -0.39 is 155 Å². The maximum absolute atomic E-state index is 15.4. The van der Waals surface area contributed by atoms with E-state index in [1.165, 1.54) is 72.8 Å². The number of ether oxygens (including phenoxy) is 4. The van der Waals surface area contributed by atoms with Gasteiger partial charge >= 0.3 is 5.97 Å².